The summed E-state index contributed by atoms with van der Waals surface area (Å²) in [5.74, 6) is 0. The monoisotopic (exact) mass is 313 g/mol. The first-order chi connectivity index (χ1) is 10.3. The third kappa shape index (κ3) is 5.43. The fourth-order valence-corrected chi connectivity index (χ4v) is 3.04. The lowest BCUT2D eigenvalue weighted by atomic mass is 10.1. The highest BCUT2D eigenvalue weighted by Crippen LogP contribution is 2.27. The van der Waals surface area contributed by atoms with Gasteiger partial charge in [-0.25, -0.2) is 4.79 Å². The van der Waals surface area contributed by atoms with Crippen LogP contribution in [0.25, 0.3) is 0 Å². The predicted octanol–water partition coefficient (Wildman–Crippen LogP) is 3.36. The summed E-state index contributed by atoms with van der Waals surface area (Å²) in [5, 5.41) is 0. The van der Waals surface area contributed by atoms with E-state index in [0.29, 0.717) is 19.2 Å². The molecule has 2 rings (SSSR count). The van der Waals surface area contributed by atoms with Gasteiger partial charge in [-0.2, -0.15) is 0 Å². The summed E-state index contributed by atoms with van der Waals surface area (Å²) in [6.07, 6.45) is 5.53. The van der Waals surface area contributed by atoms with Crippen molar-refractivity contribution >= 4 is 6.09 Å². The van der Waals surface area contributed by atoms with Gasteiger partial charge in [-0.1, -0.05) is 0 Å². The van der Waals surface area contributed by atoms with Crippen LogP contribution in [-0.4, -0.2) is 54.6 Å². The number of hydrogen-bond donors (Lipinski definition) is 0. The van der Waals surface area contributed by atoms with Crippen LogP contribution in [-0.2, 0) is 14.2 Å². The number of hydrogen-bond acceptors (Lipinski definition) is 4. The van der Waals surface area contributed by atoms with Crippen molar-refractivity contribution in [2.45, 2.75) is 77.1 Å². The topological polar surface area (TPSA) is 48.0 Å². The summed E-state index contributed by atoms with van der Waals surface area (Å²) < 4.78 is 17.1. The molecule has 2 unspecified atom stereocenters. The van der Waals surface area contributed by atoms with Crippen LogP contribution in [0.4, 0.5) is 4.79 Å². The molecule has 22 heavy (non-hydrogen) atoms. The van der Waals surface area contributed by atoms with E-state index in [1.807, 2.05) is 20.8 Å². The molecule has 5 nitrogen and oxygen atoms in total. The van der Waals surface area contributed by atoms with Gasteiger partial charge in [-0.15, -0.1) is 0 Å². The Labute approximate surface area is 134 Å². The molecule has 0 aromatic rings. The summed E-state index contributed by atoms with van der Waals surface area (Å²) in [7, 11) is 0. The van der Waals surface area contributed by atoms with Gasteiger partial charge < -0.3 is 19.1 Å². The van der Waals surface area contributed by atoms with Crippen molar-refractivity contribution in [1.82, 2.24) is 4.90 Å². The van der Waals surface area contributed by atoms with E-state index in [1.54, 1.807) is 4.90 Å². The minimum atomic E-state index is -0.446. The third-order valence-corrected chi connectivity index (χ3v) is 4.23. The summed E-state index contributed by atoms with van der Waals surface area (Å²) >= 11 is 0. The van der Waals surface area contributed by atoms with Crippen molar-refractivity contribution in [3.63, 3.8) is 0 Å². The molecule has 2 heterocycles. The zero-order valence-corrected chi connectivity index (χ0v) is 14.5. The van der Waals surface area contributed by atoms with E-state index in [0.717, 1.165) is 32.5 Å². The van der Waals surface area contributed by atoms with Crippen LogP contribution < -0.4 is 0 Å². The van der Waals surface area contributed by atoms with E-state index in [4.69, 9.17) is 14.2 Å². The molecular weight excluding hydrogens is 282 g/mol. The van der Waals surface area contributed by atoms with Gasteiger partial charge in [0.05, 0.1) is 18.2 Å². The van der Waals surface area contributed by atoms with Crippen LogP contribution in [0.1, 0.15) is 59.8 Å². The number of ether oxygens (including phenoxy) is 3. The normalized spacial score (nSPS) is 29.1. The molecule has 0 spiro atoms. The Morgan fingerprint density at radius 1 is 1.41 bits per heavy atom. The molecule has 2 atom stereocenters. The lowest BCUT2D eigenvalue weighted by Crippen LogP contribution is -2.39. The number of amides is 1. The molecule has 2 fully saturated rings. The van der Waals surface area contributed by atoms with Crippen molar-refractivity contribution in [3.8, 4) is 0 Å². The fourth-order valence-electron chi connectivity index (χ4n) is 3.04. The van der Waals surface area contributed by atoms with Gasteiger partial charge in [0, 0.05) is 19.8 Å². The van der Waals surface area contributed by atoms with Gasteiger partial charge in [0.1, 0.15) is 5.60 Å². The zero-order valence-electron chi connectivity index (χ0n) is 14.5. The SMILES string of the molecule is CC(C)(C)OC(=O)N1CCC(C)(OCCCC2CCCO2)C1. The highest BCUT2D eigenvalue weighted by Gasteiger charge is 2.38. The molecule has 1 amide bonds. The van der Waals surface area contributed by atoms with Crippen molar-refractivity contribution in [2.75, 3.05) is 26.3 Å². The second kappa shape index (κ2) is 7.18. The van der Waals surface area contributed by atoms with Gasteiger partial charge in [-0.05, 0) is 59.8 Å². The molecule has 0 N–H and O–H groups in total. The molecule has 0 aromatic heterocycles. The Hall–Kier alpha value is -0.810. The van der Waals surface area contributed by atoms with E-state index >= 15 is 0 Å². The lowest BCUT2D eigenvalue weighted by Gasteiger charge is -2.27. The molecule has 2 aliphatic rings. The Balaban J connectivity index is 1.67. The first-order valence-electron chi connectivity index (χ1n) is 8.51. The van der Waals surface area contributed by atoms with Crippen LogP contribution in [0.5, 0.6) is 0 Å². The quantitative estimate of drug-likeness (QED) is 0.730. The van der Waals surface area contributed by atoms with Gasteiger partial charge in [-0.3, -0.25) is 0 Å². The second-order valence-corrected chi connectivity index (χ2v) is 7.73. The predicted molar refractivity (Wildman–Crippen MR) is 85.0 cm³/mol. The third-order valence-electron chi connectivity index (χ3n) is 4.23. The van der Waals surface area contributed by atoms with Crippen LogP contribution in [0, 0.1) is 0 Å². The van der Waals surface area contributed by atoms with Crippen LogP contribution in [0.2, 0.25) is 0 Å². The molecule has 2 saturated heterocycles. The summed E-state index contributed by atoms with van der Waals surface area (Å²) in [4.78, 5) is 13.8. The maximum absolute atomic E-state index is 12.1. The highest BCUT2D eigenvalue weighted by molar-refractivity contribution is 5.68. The molecular formula is C17H31NO4. The van der Waals surface area contributed by atoms with Gasteiger partial charge in [0.25, 0.3) is 0 Å². The van der Waals surface area contributed by atoms with Crippen molar-refractivity contribution in [2.24, 2.45) is 0 Å². The Morgan fingerprint density at radius 2 is 2.18 bits per heavy atom. The maximum atomic E-state index is 12.1. The van der Waals surface area contributed by atoms with E-state index in [2.05, 4.69) is 6.92 Å². The number of nitrogens with zero attached hydrogens (tertiary/aromatic N) is 1. The highest BCUT2D eigenvalue weighted by atomic mass is 16.6. The van der Waals surface area contributed by atoms with Crippen molar-refractivity contribution < 1.29 is 19.0 Å². The van der Waals surface area contributed by atoms with Gasteiger partial charge in [0.2, 0.25) is 0 Å². The molecule has 0 aromatic carbocycles. The minimum Gasteiger partial charge on any atom is -0.444 e. The average molecular weight is 313 g/mol. The number of carbonyl (C=O) groups is 1. The Kier molecular flexibility index (Phi) is 5.72. The van der Waals surface area contributed by atoms with E-state index < -0.39 is 5.60 Å². The van der Waals surface area contributed by atoms with Crippen molar-refractivity contribution in [3.05, 3.63) is 0 Å². The molecule has 0 bridgehead atoms. The number of likely N-dealkylation sites (tertiary alicyclic amines) is 1. The van der Waals surface area contributed by atoms with E-state index in [1.165, 1.54) is 12.8 Å². The van der Waals surface area contributed by atoms with E-state index in [-0.39, 0.29) is 11.7 Å². The van der Waals surface area contributed by atoms with Crippen LogP contribution in [0.15, 0.2) is 0 Å². The van der Waals surface area contributed by atoms with Crippen molar-refractivity contribution in [1.29, 1.82) is 0 Å². The molecule has 0 radical (unpaired) electrons. The van der Waals surface area contributed by atoms with Gasteiger partial charge in [0.15, 0.2) is 0 Å². The first-order valence-corrected chi connectivity index (χ1v) is 8.51. The maximum Gasteiger partial charge on any atom is 0.410 e. The summed E-state index contributed by atoms with van der Waals surface area (Å²) in [6, 6.07) is 0. The molecule has 2 aliphatic heterocycles. The van der Waals surface area contributed by atoms with Crippen LogP contribution in [0.3, 0.4) is 0 Å². The minimum absolute atomic E-state index is 0.237. The number of rotatable bonds is 5. The molecule has 0 aliphatic carbocycles. The zero-order chi connectivity index (χ0) is 16.2. The lowest BCUT2D eigenvalue weighted by molar-refractivity contribution is -0.0318. The summed E-state index contributed by atoms with van der Waals surface area (Å²) in [5.41, 5.74) is -0.689. The standard InChI is InChI=1S/C17H31NO4/c1-16(2,3)22-15(19)18-10-9-17(4,13-18)21-12-6-8-14-7-5-11-20-14/h14H,5-13H2,1-4H3. The average Bonchev–Trinajstić information content (AvgIpc) is 3.03. The molecule has 0 saturated carbocycles. The second-order valence-electron chi connectivity index (χ2n) is 7.73. The first kappa shape index (κ1) is 17.5. The summed E-state index contributed by atoms with van der Waals surface area (Å²) in [6.45, 7) is 10.7. The van der Waals surface area contributed by atoms with Crippen LogP contribution >= 0.6 is 0 Å². The van der Waals surface area contributed by atoms with Gasteiger partial charge >= 0.3 is 6.09 Å². The molecule has 128 valence electrons. The molecule has 5 heteroatoms. The Morgan fingerprint density at radius 3 is 2.82 bits per heavy atom. The smallest absolute Gasteiger partial charge is 0.410 e. The fraction of sp³-hybridized carbons (Fsp3) is 0.941. The largest absolute Gasteiger partial charge is 0.444 e. The number of carbonyl (C=O) groups excluding carboxylic acids is 1. The van der Waals surface area contributed by atoms with E-state index in [9.17, 15) is 4.79 Å². The Bertz CT molecular complexity index is 373.